The second-order valence-electron chi connectivity index (χ2n) is 9.16. The SMILES string of the molecule is CC(=O)N[C@H]1[C@H](O[C@@H]2[C@@H](OC[C@H]3O[C@@H](O)[C@@H](O)[C@@H](O)[C@@H]3O)O[C@H](C)[C@@H](O)[C@@H]2O)O[C@H](CO)[C@@H](OF)[C@@H]1O. The van der Waals surface area contributed by atoms with E-state index in [0.717, 1.165) is 6.92 Å². The fourth-order valence-electron chi connectivity index (χ4n) is 4.38. The van der Waals surface area contributed by atoms with Crippen LogP contribution in [0.3, 0.4) is 0 Å². The maximum absolute atomic E-state index is 13.1. The van der Waals surface area contributed by atoms with Gasteiger partial charge in [-0.05, 0) is 11.4 Å². The number of halogens is 1. The summed E-state index contributed by atoms with van der Waals surface area (Å²) in [5, 5.41) is 82.8. The first-order valence-electron chi connectivity index (χ1n) is 11.6. The number of amides is 1. The van der Waals surface area contributed by atoms with Gasteiger partial charge >= 0.3 is 0 Å². The van der Waals surface area contributed by atoms with Gasteiger partial charge in [0, 0.05) is 6.92 Å². The third kappa shape index (κ3) is 6.53. The van der Waals surface area contributed by atoms with Gasteiger partial charge in [0.05, 0.1) is 19.3 Å². The third-order valence-electron chi connectivity index (χ3n) is 6.51. The predicted octanol–water partition coefficient (Wildman–Crippen LogP) is -5.49. The van der Waals surface area contributed by atoms with Gasteiger partial charge in [-0.15, -0.1) is 0 Å². The topological polar surface area (TPSA) is 246 Å². The maximum Gasteiger partial charge on any atom is 0.217 e. The third-order valence-corrected chi connectivity index (χ3v) is 6.51. The molecule has 17 heteroatoms. The van der Waals surface area contributed by atoms with Crippen LogP contribution in [-0.2, 0) is 33.4 Å². The van der Waals surface area contributed by atoms with E-state index >= 15 is 0 Å². The minimum atomic E-state index is -1.84. The smallest absolute Gasteiger partial charge is 0.217 e. The van der Waals surface area contributed by atoms with Crippen molar-refractivity contribution in [3.05, 3.63) is 0 Å². The van der Waals surface area contributed by atoms with Crippen molar-refractivity contribution in [2.75, 3.05) is 13.2 Å². The van der Waals surface area contributed by atoms with Crippen LogP contribution in [0.15, 0.2) is 0 Å². The first kappa shape index (κ1) is 30.4. The lowest BCUT2D eigenvalue weighted by Gasteiger charge is -2.47. The number of ether oxygens (including phenoxy) is 5. The fourth-order valence-corrected chi connectivity index (χ4v) is 4.38. The van der Waals surface area contributed by atoms with E-state index in [4.69, 9.17) is 23.7 Å². The van der Waals surface area contributed by atoms with Crippen LogP contribution in [-0.4, -0.2) is 152 Å². The molecule has 3 fully saturated rings. The summed E-state index contributed by atoms with van der Waals surface area (Å²) >= 11 is 0. The number of nitrogens with one attached hydrogen (secondary N) is 1. The Morgan fingerprint density at radius 3 is 2.11 bits per heavy atom. The first-order valence-corrected chi connectivity index (χ1v) is 11.6. The molecule has 0 unspecified atom stereocenters. The van der Waals surface area contributed by atoms with Gasteiger partial charge in [-0.1, -0.05) is 0 Å². The van der Waals surface area contributed by atoms with Crippen molar-refractivity contribution in [3.63, 3.8) is 0 Å². The summed E-state index contributed by atoms with van der Waals surface area (Å²) in [4.78, 5) is 15.4. The molecule has 0 spiro atoms. The summed E-state index contributed by atoms with van der Waals surface area (Å²) in [6.07, 6.45) is -22.3. The van der Waals surface area contributed by atoms with E-state index < -0.39 is 111 Å². The summed E-state index contributed by atoms with van der Waals surface area (Å²) < 4.78 is 40.4. The molecule has 15 atom stereocenters. The zero-order chi connectivity index (χ0) is 27.6. The average Bonchev–Trinajstić information content (AvgIpc) is 2.86. The van der Waals surface area contributed by atoms with Crippen molar-refractivity contribution in [1.82, 2.24) is 5.32 Å². The van der Waals surface area contributed by atoms with Crippen molar-refractivity contribution < 1.29 is 78.8 Å². The molecule has 3 heterocycles. The molecule has 3 saturated heterocycles. The highest BCUT2D eigenvalue weighted by Crippen LogP contribution is 2.31. The van der Waals surface area contributed by atoms with Gasteiger partial charge in [-0.25, -0.2) is 0 Å². The number of carbonyl (C=O) groups is 1. The van der Waals surface area contributed by atoms with Gasteiger partial charge in [0.15, 0.2) is 25.0 Å². The lowest BCUT2D eigenvalue weighted by molar-refractivity contribution is -0.369. The molecule has 0 aliphatic carbocycles. The van der Waals surface area contributed by atoms with Gasteiger partial charge in [0.1, 0.15) is 61.0 Å². The molecule has 0 saturated carbocycles. The molecule has 0 aromatic carbocycles. The Balaban J connectivity index is 1.79. The highest BCUT2D eigenvalue weighted by Gasteiger charge is 2.52. The summed E-state index contributed by atoms with van der Waals surface area (Å²) in [7, 11) is 0. The quantitative estimate of drug-likeness (QED) is 0.138. The lowest BCUT2D eigenvalue weighted by atomic mass is 9.96. The van der Waals surface area contributed by atoms with Gasteiger partial charge < -0.3 is 69.9 Å². The molecule has 3 aliphatic heterocycles. The van der Waals surface area contributed by atoms with E-state index in [1.807, 2.05) is 0 Å². The fraction of sp³-hybridized carbons (Fsp3) is 0.950. The van der Waals surface area contributed by atoms with Crippen LogP contribution in [0, 0.1) is 0 Å². The largest absolute Gasteiger partial charge is 0.394 e. The van der Waals surface area contributed by atoms with E-state index in [9.17, 15) is 50.2 Å². The molecule has 216 valence electrons. The Morgan fingerprint density at radius 2 is 1.51 bits per heavy atom. The van der Waals surface area contributed by atoms with Crippen LogP contribution < -0.4 is 5.32 Å². The Bertz CT molecular complexity index is 753. The zero-order valence-corrected chi connectivity index (χ0v) is 19.9. The van der Waals surface area contributed by atoms with Crippen molar-refractivity contribution in [3.8, 4) is 0 Å². The Morgan fingerprint density at radius 1 is 0.838 bits per heavy atom. The standard InChI is InChI=1S/C20H34FNO15/c1-5-10(25)14(29)17(20(33-5)32-4-8-11(26)13(28)15(30)18(31)34-8)36-19-9(22-6(2)24)12(27)16(37-21)7(3-23)35-19/h5,7-20,23,25-31H,3-4H2,1-2H3,(H,22,24)/t5-,7-,8-,9-,10-,11-,12-,13+,14+,15+,16-,17+,18-,19+,20+/m1/s1. The Kier molecular flexibility index (Phi) is 10.5. The molecule has 16 nitrogen and oxygen atoms in total. The molecular formula is C20H34FNO15. The molecule has 9 N–H and O–H groups in total. The van der Waals surface area contributed by atoms with E-state index in [-0.39, 0.29) is 0 Å². The van der Waals surface area contributed by atoms with Gasteiger partial charge in [-0.2, -0.15) is 4.94 Å². The van der Waals surface area contributed by atoms with Crippen molar-refractivity contribution in [2.45, 2.75) is 106 Å². The molecule has 0 aromatic rings. The second kappa shape index (κ2) is 12.8. The Hall–Kier alpha value is -1.16. The van der Waals surface area contributed by atoms with Crippen molar-refractivity contribution in [2.24, 2.45) is 0 Å². The zero-order valence-electron chi connectivity index (χ0n) is 19.9. The van der Waals surface area contributed by atoms with Gasteiger partial charge in [0.2, 0.25) is 5.91 Å². The van der Waals surface area contributed by atoms with E-state index in [0.29, 0.717) is 0 Å². The summed E-state index contributed by atoms with van der Waals surface area (Å²) in [5.74, 6) is -0.675. The number of hydrogen-bond donors (Lipinski definition) is 9. The lowest BCUT2D eigenvalue weighted by Crippen LogP contribution is -2.67. The number of hydrogen-bond acceptors (Lipinski definition) is 15. The molecular weight excluding hydrogens is 513 g/mol. The number of aliphatic hydroxyl groups is 8. The van der Waals surface area contributed by atoms with Crippen LogP contribution in [0.2, 0.25) is 0 Å². The number of carbonyl (C=O) groups excluding carboxylic acids is 1. The van der Waals surface area contributed by atoms with E-state index in [1.165, 1.54) is 6.92 Å². The summed E-state index contributed by atoms with van der Waals surface area (Å²) in [6, 6.07) is -1.47. The second-order valence-corrected chi connectivity index (χ2v) is 9.16. The summed E-state index contributed by atoms with van der Waals surface area (Å²) in [6.45, 7) is 1.11. The maximum atomic E-state index is 13.1. The van der Waals surface area contributed by atoms with Crippen LogP contribution in [0.25, 0.3) is 0 Å². The van der Waals surface area contributed by atoms with Crippen molar-refractivity contribution in [1.29, 1.82) is 0 Å². The highest BCUT2D eigenvalue weighted by atomic mass is 19.3. The number of rotatable bonds is 8. The van der Waals surface area contributed by atoms with Crippen LogP contribution >= 0.6 is 0 Å². The average molecular weight is 547 g/mol. The number of aliphatic hydroxyl groups excluding tert-OH is 8. The first-order chi connectivity index (χ1) is 17.4. The summed E-state index contributed by atoms with van der Waals surface area (Å²) in [5.41, 5.74) is 0. The molecule has 0 aromatic heterocycles. The minimum Gasteiger partial charge on any atom is -0.394 e. The van der Waals surface area contributed by atoms with Crippen molar-refractivity contribution >= 4 is 5.91 Å². The molecule has 0 radical (unpaired) electrons. The monoisotopic (exact) mass is 547 g/mol. The van der Waals surface area contributed by atoms with Gasteiger partial charge in [0.25, 0.3) is 0 Å². The molecule has 0 bridgehead atoms. The van der Waals surface area contributed by atoms with Crippen LogP contribution in [0.4, 0.5) is 4.53 Å². The van der Waals surface area contributed by atoms with Crippen LogP contribution in [0.5, 0.6) is 0 Å². The normalized spacial score (nSPS) is 49.0. The molecule has 3 rings (SSSR count). The minimum absolute atomic E-state index is 0.567. The molecule has 1 amide bonds. The predicted molar refractivity (Wildman–Crippen MR) is 111 cm³/mol. The van der Waals surface area contributed by atoms with Gasteiger partial charge in [-0.3, -0.25) is 4.79 Å². The molecule has 37 heavy (non-hydrogen) atoms. The highest BCUT2D eigenvalue weighted by molar-refractivity contribution is 5.73. The van der Waals surface area contributed by atoms with E-state index in [1.54, 1.807) is 0 Å². The van der Waals surface area contributed by atoms with E-state index in [2.05, 4.69) is 10.3 Å². The molecule has 3 aliphatic rings. The Labute approximate surface area is 209 Å². The van der Waals surface area contributed by atoms with Crippen LogP contribution in [0.1, 0.15) is 13.8 Å².